The molecule has 26 heavy (non-hydrogen) atoms. The lowest BCUT2D eigenvalue weighted by Crippen LogP contribution is -2.49. The van der Waals surface area contributed by atoms with Crippen molar-refractivity contribution >= 4 is 23.5 Å². The van der Waals surface area contributed by atoms with Gasteiger partial charge in [0.1, 0.15) is 0 Å². The maximum absolute atomic E-state index is 12.7. The van der Waals surface area contributed by atoms with E-state index in [0.29, 0.717) is 6.42 Å². The molecule has 0 radical (unpaired) electrons. The van der Waals surface area contributed by atoms with Gasteiger partial charge in [0.15, 0.2) is 0 Å². The Bertz CT molecular complexity index is 677. The third kappa shape index (κ3) is 4.53. The van der Waals surface area contributed by atoms with Gasteiger partial charge in [-0.15, -0.1) is 0 Å². The lowest BCUT2D eigenvalue weighted by atomic mass is 9.85. The van der Waals surface area contributed by atoms with E-state index >= 15 is 0 Å². The first-order chi connectivity index (χ1) is 12.4. The first-order valence-corrected chi connectivity index (χ1v) is 9.04. The minimum atomic E-state index is -0.529. The summed E-state index contributed by atoms with van der Waals surface area (Å²) in [4.78, 5) is 38.2. The van der Waals surface area contributed by atoms with Crippen LogP contribution in [0.1, 0.15) is 45.1 Å². The number of hydrogen-bond donors (Lipinski definition) is 3. The molecule has 0 saturated heterocycles. The fraction of sp³-hybridized carbons (Fsp3) is 0.526. The molecule has 3 atom stereocenters. The molecule has 0 aromatic heterocycles. The molecule has 1 aliphatic rings. The quantitative estimate of drug-likeness (QED) is 0.746. The van der Waals surface area contributed by atoms with Gasteiger partial charge in [-0.25, -0.2) is 4.79 Å². The topological polar surface area (TPSA) is 90.5 Å². The highest BCUT2D eigenvalue weighted by Crippen LogP contribution is 2.38. The Hall–Kier alpha value is -2.57. The second-order valence-corrected chi connectivity index (χ2v) is 6.77. The molecule has 1 aromatic carbocycles. The third-order valence-corrected chi connectivity index (χ3v) is 4.84. The molecule has 3 N–H and O–H groups in total. The summed E-state index contributed by atoms with van der Waals surface area (Å²) < 4.78 is 0. The first kappa shape index (κ1) is 19.8. The maximum atomic E-state index is 12.7. The average molecular weight is 360 g/mol. The Morgan fingerprint density at radius 3 is 2.62 bits per heavy atom. The molecule has 142 valence electrons. The van der Waals surface area contributed by atoms with Crippen molar-refractivity contribution in [3.8, 4) is 0 Å². The predicted molar refractivity (Wildman–Crippen MR) is 101 cm³/mol. The predicted octanol–water partition coefficient (Wildman–Crippen LogP) is 1.74. The zero-order valence-electron chi connectivity index (χ0n) is 15.8. The highest BCUT2D eigenvalue weighted by Gasteiger charge is 2.35. The van der Waals surface area contributed by atoms with E-state index in [1.165, 1.54) is 7.05 Å². The van der Waals surface area contributed by atoms with Gasteiger partial charge in [-0.2, -0.15) is 0 Å². The molecule has 0 aliphatic carbocycles. The summed E-state index contributed by atoms with van der Waals surface area (Å²) in [5, 5.41) is 7.71. The van der Waals surface area contributed by atoms with Crippen molar-refractivity contribution in [1.82, 2.24) is 16.0 Å². The molecule has 0 spiro atoms. The molecule has 7 nitrogen and oxygen atoms in total. The zero-order valence-corrected chi connectivity index (χ0v) is 15.8. The second-order valence-electron chi connectivity index (χ2n) is 6.77. The first-order valence-electron chi connectivity index (χ1n) is 9.04. The van der Waals surface area contributed by atoms with Crippen LogP contribution in [0.4, 0.5) is 10.5 Å². The molecule has 1 heterocycles. The van der Waals surface area contributed by atoms with E-state index in [1.807, 2.05) is 49.9 Å². The molecule has 1 aliphatic heterocycles. The molecule has 0 saturated carbocycles. The maximum Gasteiger partial charge on any atom is 0.321 e. The molecular weight excluding hydrogens is 332 g/mol. The average Bonchev–Trinajstić information content (AvgIpc) is 2.63. The van der Waals surface area contributed by atoms with E-state index < -0.39 is 6.03 Å². The van der Waals surface area contributed by atoms with Crippen LogP contribution in [0.5, 0.6) is 0 Å². The summed E-state index contributed by atoms with van der Waals surface area (Å²) in [5.41, 5.74) is 1.78. The van der Waals surface area contributed by atoms with Gasteiger partial charge in [-0.1, -0.05) is 25.1 Å². The third-order valence-electron chi connectivity index (χ3n) is 4.84. The number of carbonyl (C=O) groups is 3. The molecule has 4 amide bonds. The Morgan fingerprint density at radius 2 is 1.96 bits per heavy atom. The molecular formula is C19H28N4O3. The SMILES string of the molecule is CC[C@H](C)NC(=O)[C@@H]1C[C@H](C)N(CC(=O)NC(=O)NC)c2ccccc21. The van der Waals surface area contributed by atoms with Crippen molar-refractivity contribution in [2.24, 2.45) is 0 Å². The Morgan fingerprint density at radius 1 is 1.27 bits per heavy atom. The number of hydrogen-bond acceptors (Lipinski definition) is 4. The van der Waals surface area contributed by atoms with E-state index in [0.717, 1.165) is 17.7 Å². The number of nitrogens with zero attached hydrogens (tertiary/aromatic N) is 1. The Labute approximate surface area is 154 Å². The van der Waals surface area contributed by atoms with Gasteiger partial charge in [0.2, 0.25) is 11.8 Å². The normalized spacial score (nSPS) is 19.9. The fourth-order valence-corrected chi connectivity index (χ4v) is 3.19. The van der Waals surface area contributed by atoms with Gasteiger partial charge in [0, 0.05) is 24.8 Å². The summed E-state index contributed by atoms with van der Waals surface area (Å²) >= 11 is 0. The van der Waals surface area contributed by atoms with Crippen molar-refractivity contribution in [3.05, 3.63) is 29.8 Å². The van der Waals surface area contributed by atoms with Gasteiger partial charge in [0.25, 0.3) is 0 Å². The van der Waals surface area contributed by atoms with Crippen LogP contribution in [0.2, 0.25) is 0 Å². The van der Waals surface area contributed by atoms with Crippen LogP contribution in [-0.2, 0) is 9.59 Å². The van der Waals surface area contributed by atoms with Crippen LogP contribution in [0.25, 0.3) is 0 Å². The smallest absolute Gasteiger partial charge is 0.321 e. The number of imide groups is 1. The zero-order chi connectivity index (χ0) is 19.3. The van der Waals surface area contributed by atoms with Crippen LogP contribution in [-0.4, -0.2) is 43.5 Å². The number of fused-ring (bicyclic) bond motifs is 1. The summed E-state index contributed by atoms with van der Waals surface area (Å²) in [7, 11) is 1.46. The van der Waals surface area contributed by atoms with Crippen molar-refractivity contribution in [1.29, 1.82) is 0 Å². The van der Waals surface area contributed by atoms with Crippen LogP contribution < -0.4 is 20.9 Å². The number of rotatable bonds is 5. The molecule has 0 unspecified atom stereocenters. The van der Waals surface area contributed by atoms with Crippen molar-refractivity contribution in [3.63, 3.8) is 0 Å². The minimum Gasteiger partial charge on any atom is -0.359 e. The van der Waals surface area contributed by atoms with Crippen LogP contribution >= 0.6 is 0 Å². The second kappa shape index (κ2) is 8.69. The van der Waals surface area contributed by atoms with E-state index in [1.54, 1.807) is 0 Å². The number of nitrogens with one attached hydrogen (secondary N) is 3. The van der Waals surface area contributed by atoms with Gasteiger partial charge in [-0.05, 0) is 38.3 Å². The highest BCUT2D eigenvalue weighted by atomic mass is 16.2. The Balaban J connectivity index is 2.22. The van der Waals surface area contributed by atoms with Gasteiger partial charge in [0.05, 0.1) is 12.5 Å². The monoisotopic (exact) mass is 360 g/mol. The lowest BCUT2D eigenvalue weighted by Gasteiger charge is -2.40. The van der Waals surface area contributed by atoms with Crippen LogP contribution in [0.3, 0.4) is 0 Å². The molecule has 0 fully saturated rings. The number of para-hydroxylation sites is 1. The summed E-state index contributed by atoms with van der Waals surface area (Å²) in [5.74, 6) is -0.602. The standard InChI is InChI=1S/C19H28N4O3/c1-5-12(2)21-18(25)15-10-13(3)23(11-17(24)22-19(26)20-4)16-9-7-6-8-14(15)16/h6-9,12-13,15H,5,10-11H2,1-4H3,(H,21,25)(H2,20,22,24,26)/t12-,13-,15+/m0/s1. The number of urea groups is 1. The van der Waals surface area contributed by atoms with Gasteiger partial charge < -0.3 is 15.5 Å². The Kier molecular flexibility index (Phi) is 6.60. The van der Waals surface area contributed by atoms with Crippen molar-refractivity contribution in [2.45, 2.75) is 51.6 Å². The van der Waals surface area contributed by atoms with Crippen molar-refractivity contribution in [2.75, 3.05) is 18.5 Å². The largest absolute Gasteiger partial charge is 0.359 e. The van der Waals surface area contributed by atoms with E-state index in [4.69, 9.17) is 0 Å². The van der Waals surface area contributed by atoms with Gasteiger partial charge >= 0.3 is 6.03 Å². The van der Waals surface area contributed by atoms with Gasteiger partial charge in [-0.3, -0.25) is 14.9 Å². The highest BCUT2D eigenvalue weighted by molar-refractivity contribution is 5.97. The summed E-state index contributed by atoms with van der Waals surface area (Å²) in [6.07, 6.45) is 1.49. The lowest BCUT2D eigenvalue weighted by molar-refractivity contribution is -0.123. The summed E-state index contributed by atoms with van der Waals surface area (Å²) in [6, 6.07) is 7.24. The molecule has 7 heteroatoms. The number of benzene rings is 1. The number of anilines is 1. The van der Waals surface area contributed by atoms with Crippen LogP contribution in [0.15, 0.2) is 24.3 Å². The molecule has 2 rings (SSSR count). The van der Waals surface area contributed by atoms with E-state index in [2.05, 4.69) is 16.0 Å². The minimum absolute atomic E-state index is 0.00646. The van der Waals surface area contributed by atoms with Crippen molar-refractivity contribution < 1.29 is 14.4 Å². The van der Waals surface area contributed by atoms with E-state index in [9.17, 15) is 14.4 Å². The molecule has 1 aromatic rings. The van der Waals surface area contributed by atoms with E-state index in [-0.39, 0.29) is 36.4 Å². The van der Waals surface area contributed by atoms with Crippen LogP contribution in [0, 0.1) is 0 Å². The number of carbonyl (C=O) groups excluding carboxylic acids is 3. The summed E-state index contributed by atoms with van der Waals surface area (Å²) in [6.45, 7) is 6.08. The fourth-order valence-electron chi connectivity index (χ4n) is 3.19. The molecule has 0 bridgehead atoms. The number of amides is 4.